The Bertz CT molecular complexity index is 2500. The molecule has 4 aromatic carbocycles. The van der Waals surface area contributed by atoms with E-state index >= 15 is 8.78 Å². The van der Waals surface area contributed by atoms with Crippen LogP contribution in [0.3, 0.4) is 0 Å². The normalized spacial score (nSPS) is 26.6. The van der Waals surface area contributed by atoms with Crippen LogP contribution in [0.2, 0.25) is 0 Å². The number of rotatable bonds is 6. The number of allylic oxidation sites excluding steroid dienone is 2. The van der Waals surface area contributed by atoms with E-state index in [1.807, 2.05) is 0 Å². The summed E-state index contributed by atoms with van der Waals surface area (Å²) in [5, 5.41) is 10.6. The third-order valence-electron chi connectivity index (χ3n) is 11.2. The van der Waals surface area contributed by atoms with E-state index in [1.165, 1.54) is 43.5 Å². The minimum atomic E-state index is -2.77. The molecular weight excluding hydrogens is 866 g/mol. The van der Waals surface area contributed by atoms with E-state index in [9.17, 15) is 42.3 Å². The van der Waals surface area contributed by atoms with Gasteiger partial charge in [-0.05, 0) is 76.7 Å². The molecule has 0 bridgehead atoms. The molecule has 0 radical (unpaired) electrons. The molecule has 3 fully saturated rings. The van der Waals surface area contributed by atoms with E-state index in [2.05, 4.69) is 15.9 Å². The number of carbonyl (C=O) groups excluding carboxylic acids is 5. The zero-order valence-corrected chi connectivity index (χ0v) is 32.1. The maximum Gasteiger partial charge on any atom is 0.258 e. The van der Waals surface area contributed by atoms with Gasteiger partial charge >= 0.3 is 0 Å². The number of methoxy groups -OCH3 is 1. The molecule has 2 aliphatic carbocycles. The zero-order chi connectivity index (χ0) is 41.0. The molecule has 0 unspecified atom stereocenters. The largest absolute Gasteiger partial charge is 0.503 e. The summed E-state index contributed by atoms with van der Waals surface area (Å²) in [6, 6.07) is 16.7. The second-order valence-corrected chi connectivity index (χ2v) is 16.1. The Hall–Kier alpha value is -5.12. The lowest BCUT2D eigenvalue weighted by Gasteiger charge is -2.50. The second kappa shape index (κ2) is 13.5. The Morgan fingerprint density at radius 1 is 0.807 bits per heavy atom. The zero-order valence-electron chi connectivity index (χ0n) is 29.0. The molecule has 0 aromatic heterocycles. The minimum absolute atomic E-state index is 0.00502. The van der Waals surface area contributed by atoms with E-state index in [0.29, 0.717) is 5.56 Å². The monoisotopic (exact) mass is 888 g/mol. The highest BCUT2D eigenvalue weighted by Gasteiger charge is 2.77. The number of phenolic OH excluding ortho intramolecular Hbond substituents is 1. The van der Waals surface area contributed by atoms with Gasteiger partial charge in [0.25, 0.3) is 11.8 Å². The topological polar surface area (TPSA) is 121 Å². The van der Waals surface area contributed by atoms with Gasteiger partial charge in [-0.1, -0.05) is 42.0 Å². The van der Waals surface area contributed by atoms with Crippen molar-refractivity contribution in [2.24, 2.45) is 17.8 Å². The number of halogens is 8. The molecule has 1 saturated carbocycles. The maximum absolute atomic E-state index is 15.3. The number of aromatic hydroxyl groups is 1. The number of imide groups is 2. The lowest BCUT2D eigenvalue weighted by atomic mass is 9.56. The summed E-state index contributed by atoms with van der Waals surface area (Å²) in [6.07, 6.45) is 0.742. The number of carbonyl (C=O) groups is 5. The van der Waals surface area contributed by atoms with Crippen LogP contribution >= 0.6 is 39.1 Å². The average Bonchev–Trinajstić information content (AvgIpc) is 3.55. The number of phenols is 1. The average molecular weight is 890 g/mol. The molecule has 9 nitrogen and oxygen atoms in total. The molecule has 4 aromatic rings. The number of hydrogen-bond donors (Lipinski definition) is 1. The van der Waals surface area contributed by atoms with Crippen LogP contribution in [-0.2, 0) is 19.2 Å². The van der Waals surface area contributed by atoms with Gasteiger partial charge in [-0.2, -0.15) is 0 Å². The summed E-state index contributed by atoms with van der Waals surface area (Å²) >= 11 is 17.6. The Morgan fingerprint density at radius 3 is 2.02 bits per heavy atom. The molecule has 1 N–H and O–H groups in total. The highest BCUT2D eigenvalue weighted by Crippen LogP contribution is 2.66. The van der Waals surface area contributed by atoms with Crippen LogP contribution in [0.5, 0.6) is 11.5 Å². The van der Waals surface area contributed by atoms with Crippen molar-refractivity contribution in [3.05, 3.63) is 129 Å². The number of alkyl halides is 2. The number of hydrogen-bond acceptors (Lipinski definition) is 7. The van der Waals surface area contributed by atoms with E-state index in [1.54, 1.807) is 36.4 Å². The molecular formula is C40H24BrCl2F5N2O7. The summed E-state index contributed by atoms with van der Waals surface area (Å²) in [6.45, 7) is 0. The van der Waals surface area contributed by atoms with Crippen molar-refractivity contribution in [3.8, 4) is 11.5 Å². The number of anilines is 2. The highest BCUT2D eigenvalue weighted by molar-refractivity contribution is 9.10. The van der Waals surface area contributed by atoms with E-state index in [4.69, 9.17) is 27.9 Å². The van der Waals surface area contributed by atoms with Crippen LogP contribution < -0.4 is 14.5 Å². The summed E-state index contributed by atoms with van der Waals surface area (Å²) in [5.74, 6) is -23.0. The summed E-state index contributed by atoms with van der Waals surface area (Å²) < 4.78 is 79.2. The van der Waals surface area contributed by atoms with E-state index < -0.39 is 104 Å². The Labute approximate surface area is 337 Å². The van der Waals surface area contributed by atoms with Crippen molar-refractivity contribution < 1.29 is 55.8 Å². The number of amides is 4. The smallest absolute Gasteiger partial charge is 0.258 e. The Balaban J connectivity index is 1.26. The molecule has 2 saturated heterocycles. The van der Waals surface area contributed by atoms with Gasteiger partial charge in [0.15, 0.2) is 50.3 Å². The van der Waals surface area contributed by atoms with Crippen molar-refractivity contribution in [1.82, 2.24) is 0 Å². The summed E-state index contributed by atoms with van der Waals surface area (Å²) in [7, 11) is 1.21. The van der Waals surface area contributed by atoms with Gasteiger partial charge in [0.1, 0.15) is 5.69 Å². The first-order valence-electron chi connectivity index (χ1n) is 17.1. The lowest BCUT2D eigenvalue weighted by molar-refractivity contribution is -0.125. The van der Waals surface area contributed by atoms with Crippen LogP contribution in [0.15, 0.2) is 82.9 Å². The van der Waals surface area contributed by atoms with Crippen LogP contribution in [0.25, 0.3) is 0 Å². The fourth-order valence-corrected chi connectivity index (χ4v) is 10.0. The molecule has 8 rings (SSSR count). The first kappa shape index (κ1) is 38.7. The van der Waals surface area contributed by atoms with Gasteiger partial charge in [0, 0.05) is 17.0 Å². The van der Waals surface area contributed by atoms with Gasteiger partial charge < -0.3 is 9.84 Å². The standard InChI is InChI=1S/C40H24BrCl2F5N2O7/c1-57-24-14-18(13-23(41)34(24)52)26-20-11-12-21-25(36(54)49(35(21)53)19-9-7-17(8-10-19)33(51)16-5-3-2-4-6-16)22(20)15-39(42)37(55)50(38(56)40(26,39)43)32-30(47)28(45)27(44)29(46)31(32)48/h2-11,13-14,21-22,25-26,52H,12,15H2,1H3/t21-,22+,25-,26-,39+,40-/m0/s1. The molecule has 57 heavy (non-hydrogen) atoms. The SMILES string of the molecule is COc1cc([C@H]2C3=CC[C@@H]4C(=O)N(c5ccc(C(=O)c6ccccc6)cc5)C(=O)[C@@H]4[C@@H]3C[C@@]3(Cl)C(=O)N(c4c(F)c(F)c(F)c(F)c4F)C(=O)[C@@]23Cl)cc(Br)c1O. The number of nitrogens with zero attached hydrogens (tertiary/aromatic N) is 2. The van der Waals surface area contributed by atoms with E-state index in [-0.39, 0.29) is 49.7 Å². The quantitative estimate of drug-likeness (QED) is 0.0398. The molecule has 17 heteroatoms. The van der Waals surface area contributed by atoms with E-state index in [0.717, 1.165) is 4.90 Å². The van der Waals surface area contributed by atoms with Crippen LogP contribution in [0.4, 0.5) is 33.3 Å². The predicted molar refractivity (Wildman–Crippen MR) is 198 cm³/mol. The number of ketones is 1. The molecule has 2 aliphatic heterocycles. The van der Waals surface area contributed by atoms with Gasteiger partial charge in [0.05, 0.1) is 29.1 Å². The van der Waals surface area contributed by atoms with Crippen molar-refractivity contribution in [3.63, 3.8) is 0 Å². The fourth-order valence-electron chi connectivity index (χ4n) is 8.63. The van der Waals surface area contributed by atoms with Crippen LogP contribution in [0, 0.1) is 46.8 Å². The molecule has 2 heterocycles. The third kappa shape index (κ3) is 5.27. The lowest BCUT2D eigenvalue weighted by Crippen LogP contribution is -2.60. The first-order valence-corrected chi connectivity index (χ1v) is 18.7. The third-order valence-corrected chi connectivity index (χ3v) is 13.3. The van der Waals surface area contributed by atoms with Crippen molar-refractivity contribution in [1.29, 1.82) is 0 Å². The van der Waals surface area contributed by atoms with Gasteiger partial charge in [-0.15, -0.1) is 23.2 Å². The van der Waals surface area contributed by atoms with Gasteiger partial charge in [0.2, 0.25) is 17.6 Å². The first-order chi connectivity index (χ1) is 27.0. The number of benzene rings is 4. The van der Waals surface area contributed by atoms with Gasteiger partial charge in [-0.25, -0.2) is 26.9 Å². The molecule has 4 amide bonds. The van der Waals surface area contributed by atoms with Crippen molar-refractivity contribution in [2.75, 3.05) is 16.9 Å². The highest BCUT2D eigenvalue weighted by atomic mass is 79.9. The maximum atomic E-state index is 15.3. The summed E-state index contributed by atoms with van der Waals surface area (Å²) in [5.41, 5.74) is -0.852. The summed E-state index contributed by atoms with van der Waals surface area (Å²) in [4.78, 5) is 65.7. The van der Waals surface area contributed by atoms with Crippen molar-refractivity contribution in [2.45, 2.75) is 28.5 Å². The minimum Gasteiger partial charge on any atom is -0.503 e. The molecule has 0 spiro atoms. The van der Waals surface area contributed by atoms with Crippen molar-refractivity contribution >= 4 is 79.9 Å². The van der Waals surface area contributed by atoms with Crippen LogP contribution in [-0.4, -0.2) is 51.4 Å². The van der Waals surface area contributed by atoms with Crippen LogP contribution in [0.1, 0.15) is 40.2 Å². The Morgan fingerprint density at radius 2 is 1.40 bits per heavy atom. The van der Waals surface area contributed by atoms with Gasteiger partial charge in [-0.3, -0.25) is 28.9 Å². The Kier molecular flexibility index (Phi) is 9.17. The second-order valence-electron chi connectivity index (χ2n) is 14.0. The number of fused-ring (bicyclic) bond motifs is 4. The molecule has 4 aliphatic rings. The molecule has 6 atom stereocenters. The fraction of sp³-hybridized carbons (Fsp3) is 0.225. The molecule has 292 valence electrons. The number of ether oxygens (including phenoxy) is 1. The predicted octanol–water partition coefficient (Wildman–Crippen LogP) is 7.86.